The van der Waals surface area contributed by atoms with Gasteiger partial charge in [-0.15, -0.1) is 0 Å². The smallest absolute Gasteiger partial charge is 0.418 e. The van der Waals surface area contributed by atoms with Crippen molar-refractivity contribution in [3.8, 4) is 11.5 Å². The average molecular weight is 276 g/mol. The van der Waals surface area contributed by atoms with Crippen LogP contribution < -0.4 is 9.47 Å². The Kier molecular flexibility index (Phi) is 3.02. The second-order valence-corrected chi connectivity index (χ2v) is 4.32. The lowest BCUT2D eigenvalue weighted by atomic mass is 10.1. The molecule has 104 valence electrons. The van der Waals surface area contributed by atoms with E-state index in [1.165, 1.54) is 18.2 Å². The summed E-state index contributed by atoms with van der Waals surface area (Å²) < 4.78 is 58.9. The molecule has 1 fully saturated rings. The van der Waals surface area contributed by atoms with Gasteiger partial charge in [0.05, 0.1) is 13.2 Å². The summed E-state index contributed by atoms with van der Waals surface area (Å²) in [5.41, 5.74) is -0.00241. The quantitative estimate of drug-likeness (QED) is 0.792. The molecule has 0 bridgehead atoms. The fourth-order valence-electron chi connectivity index (χ4n) is 1.82. The van der Waals surface area contributed by atoms with Crippen molar-refractivity contribution in [3.05, 3.63) is 23.8 Å². The fraction of sp³-hybridized carbons (Fsp3) is 0.500. The van der Waals surface area contributed by atoms with E-state index in [0.717, 1.165) is 0 Å². The summed E-state index contributed by atoms with van der Waals surface area (Å²) in [7, 11) is 0. The van der Waals surface area contributed by atoms with Crippen LogP contribution in [0.2, 0.25) is 0 Å². The van der Waals surface area contributed by atoms with Gasteiger partial charge in [0, 0.05) is 0 Å². The predicted molar refractivity (Wildman–Crippen MR) is 57.1 cm³/mol. The van der Waals surface area contributed by atoms with E-state index in [2.05, 4.69) is 0 Å². The topological polar surface area (TPSA) is 40.2 Å². The number of halogens is 3. The van der Waals surface area contributed by atoms with Gasteiger partial charge in [0.25, 0.3) is 0 Å². The molecule has 0 saturated carbocycles. The lowest BCUT2D eigenvalue weighted by molar-refractivity contribution is -0.224. The Labute approximate surface area is 107 Å². The molecule has 0 amide bonds. The van der Waals surface area contributed by atoms with Crippen LogP contribution in [0, 0.1) is 0 Å². The molecule has 4 nitrogen and oxygen atoms in total. The van der Waals surface area contributed by atoms with E-state index in [1.54, 1.807) is 0 Å². The molecule has 0 N–H and O–H groups in total. The van der Waals surface area contributed by atoms with Gasteiger partial charge in [-0.05, 0) is 17.7 Å². The second-order valence-electron chi connectivity index (χ2n) is 4.32. The van der Waals surface area contributed by atoms with Crippen molar-refractivity contribution < 1.29 is 32.1 Å². The molecule has 19 heavy (non-hydrogen) atoms. The third-order valence-electron chi connectivity index (χ3n) is 2.85. The van der Waals surface area contributed by atoms with Crippen LogP contribution in [0.4, 0.5) is 13.2 Å². The van der Waals surface area contributed by atoms with Crippen LogP contribution in [0.15, 0.2) is 18.2 Å². The number of benzene rings is 1. The van der Waals surface area contributed by atoms with E-state index in [9.17, 15) is 13.2 Å². The van der Waals surface area contributed by atoms with Crippen LogP contribution >= 0.6 is 0 Å². The molecule has 0 unspecified atom stereocenters. The minimum absolute atomic E-state index is 0.00241. The number of alkyl halides is 3. The maximum absolute atomic E-state index is 13.0. The van der Waals surface area contributed by atoms with Gasteiger partial charge in [-0.1, -0.05) is 6.07 Å². The first-order valence-electron chi connectivity index (χ1n) is 5.73. The molecule has 2 atom stereocenters. The Bertz CT molecular complexity index is 471. The summed E-state index contributed by atoms with van der Waals surface area (Å²) in [4.78, 5) is 0. The van der Waals surface area contributed by atoms with Crippen LogP contribution in [0.1, 0.15) is 11.7 Å². The van der Waals surface area contributed by atoms with Gasteiger partial charge < -0.3 is 18.9 Å². The molecule has 0 spiro atoms. The zero-order chi connectivity index (χ0) is 13.5. The van der Waals surface area contributed by atoms with E-state index in [4.69, 9.17) is 18.9 Å². The molecule has 1 saturated heterocycles. The van der Waals surface area contributed by atoms with E-state index < -0.39 is 12.3 Å². The highest BCUT2D eigenvalue weighted by Gasteiger charge is 2.43. The molecule has 2 aliphatic rings. The molecule has 2 aliphatic heterocycles. The molecular formula is C12H11F3O4. The number of rotatable bonds is 4. The van der Waals surface area contributed by atoms with Crippen molar-refractivity contribution >= 4 is 0 Å². The first kappa shape index (κ1) is 12.6. The summed E-state index contributed by atoms with van der Waals surface area (Å²) in [6.07, 6.45) is -6.69. The standard InChI is InChI=1S/C12H11F3O4/c13-12(14,15)11(17-5-8-4-16-8)7-1-2-9-10(3-7)19-6-18-9/h1-3,8,11H,4-6H2/t8-,11-/m1/s1. The molecule has 0 aliphatic carbocycles. The Balaban J connectivity index is 1.81. The number of ether oxygens (including phenoxy) is 4. The molecule has 7 heteroatoms. The van der Waals surface area contributed by atoms with Crippen LogP contribution in [-0.2, 0) is 9.47 Å². The summed E-state index contributed by atoms with van der Waals surface area (Å²) in [6.45, 7) is 0.399. The molecule has 3 rings (SSSR count). The lowest BCUT2D eigenvalue weighted by Gasteiger charge is -2.21. The predicted octanol–water partition coefficient (Wildman–Crippen LogP) is 2.43. The maximum Gasteiger partial charge on any atom is 0.418 e. The van der Waals surface area contributed by atoms with Gasteiger partial charge in [0.2, 0.25) is 6.79 Å². The SMILES string of the molecule is FC(F)(F)[C@H](OC[C@H]1CO1)c1ccc2c(c1)OCO2. The van der Waals surface area contributed by atoms with Crippen LogP contribution in [0.5, 0.6) is 11.5 Å². The molecule has 0 radical (unpaired) electrons. The fourth-order valence-corrected chi connectivity index (χ4v) is 1.82. The summed E-state index contributed by atoms with van der Waals surface area (Å²) in [5, 5.41) is 0. The minimum Gasteiger partial charge on any atom is -0.454 e. The van der Waals surface area contributed by atoms with Crippen LogP contribution in [-0.4, -0.2) is 32.3 Å². The van der Waals surface area contributed by atoms with Crippen LogP contribution in [0.3, 0.4) is 0 Å². The molecule has 0 aromatic heterocycles. The monoisotopic (exact) mass is 276 g/mol. The first-order chi connectivity index (χ1) is 9.04. The van der Waals surface area contributed by atoms with Gasteiger partial charge in [0.15, 0.2) is 17.6 Å². The third-order valence-corrected chi connectivity index (χ3v) is 2.85. The van der Waals surface area contributed by atoms with E-state index in [1.807, 2.05) is 0 Å². The highest BCUT2D eigenvalue weighted by molar-refractivity contribution is 5.45. The normalized spacial score (nSPS) is 22.4. The zero-order valence-electron chi connectivity index (χ0n) is 9.77. The Morgan fingerprint density at radius 2 is 2.00 bits per heavy atom. The van der Waals surface area contributed by atoms with Crippen molar-refractivity contribution in [2.45, 2.75) is 18.4 Å². The van der Waals surface area contributed by atoms with E-state index >= 15 is 0 Å². The van der Waals surface area contributed by atoms with Gasteiger partial charge >= 0.3 is 6.18 Å². The maximum atomic E-state index is 13.0. The van der Waals surface area contributed by atoms with Crippen LogP contribution in [0.25, 0.3) is 0 Å². The summed E-state index contributed by atoms with van der Waals surface area (Å²) in [5.74, 6) is 0.744. The number of epoxide rings is 1. The number of hydrogen-bond acceptors (Lipinski definition) is 4. The number of fused-ring (bicyclic) bond motifs is 1. The van der Waals surface area contributed by atoms with Crippen molar-refractivity contribution in [3.63, 3.8) is 0 Å². The van der Waals surface area contributed by atoms with Crippen molar-refractivity contribution in [1.29, 1.82) is 0 Å². The van der Waals surface area contributed by atoms with Gasteiger partial charge in [-0.2, -0.15) is 13.2 Å². The highest BCUT2D eigenvalue weighted by atomic mass is 19.4. The van der Waals surface area contributed by atoms with Crippen molar-refractivity contribution in [2.75, 3.05) is 20.0 Å². The molecule has 1 aromatic rings. The second kappa shape index (κ2) is 4.57. The summed E-state index contributed by atoms with van der Waals surface area (Å²) in [6, 6.07) is 4.08. The number of hydrogen-bond donors (Lipinski definition) is 0. The highest BCUT2D eigenvalue weighted by Crippen LogP contribution is 2.41. The van der Waals surface area contributed by atoms with E-state index in [0.29, 0.717) is 18.1 Å². The van der Waals surface area contributed by atoms with E-state index in [-0.39, 0.29) is 25.1 Å². The first-order valence-corrected chi connectivity index (χ1v) is 5.73. The van der Waals surface area contributed by atoms with Gasteiger partial charge in [-0.3, -0.25) is 0 Å². The Hall–Kier alpha value is -1.47. The average Bonchev–Trinajstić information content (AvgIpc) is 3.04. The van der Waals surface area contributed by atoms with Crippen molar-refractivity contribution in [2.24, 2.45) is 0 Å². The Morgan fingerprint density at radius 1 is 1.26 bits per heavy atom. The summed E-state index contributed by atoms with van der Waals surface area (Å²) >= 11 is 0. The minimum atomic E-state index is -4.48. The van der Waals surface area contributed by atoms with Gasteiger partial charge in [-0.25, -0.2) is 0 Å². The lowest BCUT2D eigenvalue weighted by Crippen LogP contribution is -2.25. The van der Waals surface area contributed by atoms with Crippen molar-refractivity contribution in [1.82, 2.24) is 0 Å². The molecular weight excluding hydrogens is 265 g/mol. The zero-order valence-corrected chi connectivity index (χ0v) is 9.77. The third kappa shape index (κ3) is 2.76. The Morgan fingerprint density at radius 3 is 2.68 bits per heavy atom. The molecule has 2 heterocycles. The molecule has 1 aromatic carbocycles. The van der Waals surface area contributed by atoms with Gasteiger partial charge in [0.1, 0.15) is 6.10 Å². The largest absolute Gasteiger partial charge is 0.454 e.